The first-order chi connectivity index (χ1) is 9.84. The lowest BCUT2D eigenvalue weighted by Crippen LogP contribution is -1.96. The van der Waals surface area contributed by atoms with Crippen LogP contribution in [0.25, 0.3) is 22.3 Å². The molecule has 1 heteroatoms. The summed E-state index contributed by atoms with van der Waals surface area (Å²) in [5, 5.41) is 0. The van der Waals surface area contributed by atoms with Gasteiger partial charge < -0.3 is 5.73 Å². The lowest BCUT2D eigenvalue weighted by atomic mass is 9.96. The molecule has 1 nitrogen and oxygen atoms in total. The molecule has 0 spiro atoms. The zero-order valence-corrected chi connectivity index (χ0v) is 11.1. The highest BCUT2D eigenvalue weighted by Gasteiger charge is 2.21. The van der Waals surface area contributed by atoms with Crippen molar-refractivity contribution in [2.24, 2.45) is 0 Å². The minimum absolute atomic E-state index is 0.921. The average Bonchev–Trinajstić information content (AvgIpc) is 2.88. The number of nitrogens with two attached hydrogens (primary N) is 1. The smallest absolute Gasteiger partial charge is 0.0435 e. The van der Waals surface area contributed by atoms with Crippen molar-refractivity contribution in [1.82, 2.24) is 0 Å². The summed E-state index contributed by atoms with van der Waals surface area (Å²) in [4.78, 5) is 0. The van der Waals surface area contributed by atoms with E-state index in [2.05, 4.69) is 60.7 Å². The Balaban J connectivity index is 1.91. The first kappa shape index (κ1) is 11.3. The molecule has 0 fully saturated rings. The van der Waals surface area contributed by atoms with Gasteiger partial charge >= 0.3 is 0 Å². The van der Waals surface area contributed by atoms with Crippen molar-refractivity contribution in [3.63, 3.8) is 0 Å². The second kappa shape index (κ2) is 4.24. The Morgan fingerprint density at radius 3 is 2.20 bits per heavy atom. The summed E-state index contributed by atoms with van der Waals surface area (Å²) in [7, 11) is 0. The summed E-state index contributed by atoms with van der Waals surface area (Å²) >= 11 is 0. The van der Waals surface area contributed by atoms with Crippen molar-refractivity contribution in [2.75, 3.05) is 5.73 Å². The highest BCUT2D eigenvalue weighted by molar-refractivity contribution is 5.89. The van der Waals surface area contributed by atoms with Gasteiger partial charge in [0.25, 0.3) is 0 Å². The molecule has 0 amide bonds. The number of hydrogen-bond donors (Lipinski definition) is 1. The largest absolute Gasteiger partial charge is 0.398 e. The Kier molecular flexibility index (Phi) is 2.40. The van der Waals surface area contributed by atoms with E-state index in [1.54, 1.807) is 0 Å². The fourth-order valence-electron chi connectivity index (χ4n) is 3.10. The van der Waals surface area contributed by atoms with Gasteiger partial charge in [0.05, 0.1) is 0 Å². The third-order valence-corrected chi connectivity index (χ3v) is 4.12. The standard InChI is InChI=1S/C19H15N/c20-19-16(13-6-2-1-3-7-13)10-11-17-15-9-5-4-8-14(15)12-18(17)19/h1-11H,12,20H2. The van der Waals surface area contributed by atoms with Crippen LogP contribution < -0.4 is 5.73 Å². The van der Waals surface area contributed by atoms with E-state index in [0.29, 0.717) is 0 Å². The number of nitrogen functional groups attached to an aromatic ring is 1. The third-order valence-electron chi connectivity index (χ3n) is 4.12. The van der Waals surface area contributed by atoms with Crippen LogP contribution in [0.15, 0.2) is 66.7 Å². The van der Waals surface area contributed by atoms with Crippen LogP contribution in [-0.2, 0) is 6.42 Å². The number of anilines is 1. The third kappa shape index (κ3) is 1.56. The SMILES string of the molecule is Nc1c(-c2ccccc2)ccc2c1Cc1ccccc1-2. The molecular formula is C19H15N. The molecule has 3 aromatic carbocycles. The second-order valence-electron chi connectivity index (χ2n) is 5.25. The van der Waals surface area contributed by atoms with Gasteiger partial charge in [-0.05, 0) is 27.8 Å². The molecule has 0 heterocycles. The van der Waals surface area contributed by atoms with Crippen LogP contribution in [0.2, 0.25) is 0 Å². The molecule has 1 aliphatic rings. The van der Waals surface area contributed by atoms with Gasteiger partial charge in [0.2, 0.25) is 0 Å². The molecule has 0 atom stereocenters. The van der Waals surface area contributed by atoms with Crippen LogP contribution in [0.3, 0.4) is 0 Å². The van der Waals surface area contributed by atoms with E-state index in [9.17, 15) is 0 Å². The van der Waals surface area contributed by atoms with Crippen molar-refractivity contribution < 1.29 is 0 Å². The molecule has 0 saturated heterocycles. The maximum absolute atomic E-state index is 6.45. The Morgan fingerprint density at radius 1 is 0.650 bits per heavy atom. The molecule has 3 aromatic rings. The summed E-state index contributed by atoms with van der Waals surface area (Å²) in [5.74, 6) is 0. The molecule has 0 aromatic heterocycles. The van der Waals surface area contributed by atoms with Crippen molar-refractivity contribution in [2.45, 2.75) is 6.42 Å². The quantitative estimate of drug-likeness (QED) is 0.499. The minimum Gasteiger partial charge on any atom is -0.398 e. The van der Waals surface area contributed by atoms with Gasteiger partial charge in [-0.1, -0.05) is 66.7 Å². The summed E-state index contributed by atoms with van der Waals surface area (Å²) in [6, 6.07) is 23.3. The monoisotopic (exact) mass is 257 g/mol. The fourth-order valence-corrected chi connectivity index (χ4v) is 3.10. The van der Waals surface area contributed by atoms with Crippen molar-refractivity contribution in [3.05, 3.63) is 77.9 Å². The van der Waals surface area contributed by atoms with Crippen LogP contribution in [0.5, 0.6) is 0 Å². The van der Waals surface area contributed by atoms with E-state index in [-0.39, 0.29) is 0 Å². The normalized spacial score (nSPS) is 12.0. The molecule has 0 bridgehead atoms. The highest BCUT2D eigenvalue weighted by atomic mass is 14.6. The van der Waals surface area contributed by atoms with Gasteiger partial charge in [0.15, 0.2) is 0 Å². The summed E-state index contributed by atoms with van der Waals surface area (Å²) < 4.78 is 0. The fraction of sp³-hybridized carbons (Fsp3) is 0.0526. The Hall–Kier alpha value is -2.54. The minimum atomic E-state index is 0.921. The predicted octanol–water partition coefficient (Wildman–Crippen LogP) is 4.51. The van der Waals surface area contributed by atoms with Gasteiger partial charge in [-0.15, -0.1) is 0 Å². The van der Waals surface area contributed by atoms with Crippen LogP contribution >= 0.6 is 0 Å². The van der Waals surface area contributed by atoms with Crippen molar-refractivity contribution in [1.29, 1.82) is 0 Å². The number of hydrogen-bond acceptors (Lipinski definition) is 1. The number of fused-ring (bicyclic) bond motifs is 3. The van der Waals surface area contributed by atoms with E-state index in [1.807, 2.05) is 6.07 Å². The molecule has 0 saturated carbocycles. The summed E-state index contributed by atoms with van der Waals surface area (Å²) in [6.07, 6.45) is 0.942. The lowest BCUT2D eigenvalue weighted by Gasteiger charge is -2.11. The number of rotatable bonds is 1. The second-order valence-corrected chi connectivity index (χ2v) is 5.25. The molecule has 0 radical (unpaired) electrons. The summed E-state index contributed by atoms with van der Waals surface area (Å²) in [5.41, 5.74) is 15.0. The molecule has 20 heavy (non-hydrogen) atoms. The van der Waals surface area contributed by atoms with Crippen LogP contribution in [-0.4, -0.2) is 0 Å². The van der Waals surface area contributed by atoms with Crippen LogP contribution in [0.4, 0.5) is 5.69 Å². The van der Waals surface area contributed by atoms with Gasteiger partial charge in [0, 0.05) is 17.7 Å². The average molecular weight is 257 g/mol. The van der Waals surface area contributed by atoms with Crippen molar-refractivity contribution >= 4 is 5.69 Å². The maximum atomic E-state index is 6.45. The lowest BCUT2D eigenvalue weighted by molar-refractivity contribution is 1.27. The molecule has 96 valence electrons. The number of benzene rings is 3. The molecule has 0 aliphatic heterocycles. The molecule has 4 rings (SSSR count). The van der Waals surface area contributed by atoms with Crippen LogP contribution in [0, 0.1) is 0 Å². The van der Waals surface area contributed by atoms with Gasteiger partial charge in [-0.3, -0.25) is 0 Å². The Morgan fingerprint density at radius 2 is 1.35 bits per heavy atom. The van der Waals surface area contributed by atoms with Gasteiger partial charge in [-0.2, -0.15) is 0 Å². The van der Waals surface area contributed by atoms with Gasteiger partial charge in [0.1, 0.15) is 0 Å². The van der Waals surface area contributed by atoms with E-state index in [0.717, 1.165) is 17.7 Å². The van der Waals surface area contributed by atoms with E-state index in [4.69, 9.17) is 5.73 Å². The molecular weight excluding hydrogens is 242 g/mol. The van der Waals surface area contributed by atoms with Crippen LogP contribution in [0.1, 0.15) is 11.1 Å². The highest BCUT2D eigenvalue weighted by Crippen LogP contribution is 2.42. The zero-order chi connectivity index (χ0) is 13.5. The first-order valence-electron chi connectivity index (χ1n) is 6.89. The first-order valence-corrected chi connectivity index (χ1v) is 6.89. The topological polar surface area (TPSA) is 26.0 Å². The van der Waals surface area contributed by atoms with Crippen molar-refractivity contribution in [3.8, 4) is 22.3 Å². The van der Waals surface area contributed by atoms with E-state index in [1.165, 1.54) is 27.8 Å². The van der Waals surface area contributed by atoms with Gasteiger partial charge in [-0.25, -0.2) is 0 Å². The molecule has 1 aliphatic carbocycles. The molecule has 2 N–H and O–H groups in total. The summed E-state index contributed by atoms with van der Waals surface area (Å²) in [6.45, 7) is 0. The van der Waals surface area contributed by atoms with E-state index >= 15 is 0 Å². The van der Waals surface area contributed by atoms with E-state index < -0.39 is 0 Å². The predicted molar refractivity (Wildman–Crippen MR) is 84.5 cm³/mol. The molecule has 0 unspecified atom stereocenters. The Labute approximate surface area is 118 Å². The maximum Gasteiger partial charge on any atom is 0.0435 e. The zero-order valence-electron chi connectivity index (χ0n) is 11.1. The Bertz CT molecular complexity index is 788.